The zero-order valence-electron chi connectivity index (χ0n) is 15.9. The summed E-state index contributed by atoms with van der Waals surface area (Å²) >= 11 is 6.25. The number of carbonyl (C=O) groups excluding carboxylic acids is 1. The number of aliphatic hydroxyl groups is 1. The van der Waals surface area contributed by atoms with E-state index in [0.29, 0.717) is 29.4 Å². The van der Waals surface area contributed by atoms with E-state index in [0.717, 1.165) is 22.0 Å². The fourth-order valence-electron chi connectivity index (χ4n) is 3.14. The summed E-state index contributed by atoms with van der Waals surface area (Å²) in [4.78, 5) is 17.6. The van der Waals surface area contributed by atoms with Crippen LogP contribution in [0.5, 0.6) is 0 Å². The molecule has 3 rings (SSSR count). The lowest BCUT2D eigenvalue weighted by Gasteiger charge is -2.17. The third-order valence-electron chi connectivity index (χ3n) is 4.30. The summed E-state index contributed by atoms with van der Waals surface area (Å²) in [6, 6.07) is 15.1. The molecule has 0 saturated heterocycles. The number of hydrogen-bond acceptors (Lipinski definition) is 5. The third-order valence-corrected chi connectivity index (χ3v) is 4.53. The summed E-state index contributed by atoms with van der Waals surface area (Å²) in [5.41, 5.74) is 3.37. The molecule has 0 fully saturated rings. The smallest absolute Gasteiger partial charge is 0.340 e. The summed E-state index contributed by atoms with van der Waals surface area (Å²) in [6.07, 6.45) is -0.501. The maximum absolute atomic E-state index is 12.9. The van der Waals surface area contributed by atoms with Crippen molar-refractivity contribution >= 4 is 28.5 Å². The van der Waals surface area contributed by atoms with E-state index in [9.17, 15) is 9.90 Å². The zero-order valence-corrected chi connectivity index (χ0v) is 16.7. The number of nitrogens with one attached hydrogen (secondary N) is 1. The van der Waals surface area contributed by atoms with Gasteiger partial charge in [-0.1, -0.05) is 41.9 Å². The second-order valence-corrected chi connectivity index (χ2v) is 6.97. The number of fused-ring (bicyclic) bond motifs is 1. The number of aromatic nitrogens is 1. The van der Waals surface area contributed by atoms with Crippen LogP contribution in [0, 0.1) is 0 Å². The fraction of sp³-hybridized carbons (Fsp3) is 0.273. The van der Waals surface area contributed by atoms with Gasteiger partial charge in [-0.3, -0.25) is 4.98 Å². The predicted octanol–water partition coefficient (Wildman–Crippen LogP) is 4.20. The van der Waals surface area contributed by atoms with Crippen molar-refractivity contribution in [2.24, 2.45) is 0 Å². The molecular weight excluding hydrogens is 376 g/mol. The van der Waals surface area contributed by atoms with Gasteiger partial charge >= 0.3 is 5.97 Å². The highest BCUT2D eigenvalue weighted by Gasteiger charge is 2.23. The molecule has 0 radical (unpaired) electrons. The number of esters is 1. The number of hydrogen-bond donors (Lipinski definition) is 2. The fourth-order valence-corrected chi connectivity index (χ4v) is 3.31. The quantitative estimate of drug-likeness (QED) is 0.583. The van der Waals surface area contributed by atoms with Crippen molar-refractivity contribution < 1.29 is 14.6 Å². The van der Waals surface area contributed by atoms with Crippen LogP contribution < -0.4 is 5.32 Å². The molecular formula is C22H23ClN2O3. The topological polar surface area (TPSA) is 71.5 Å². The Morgan fingerprint density at radius 3 is 2.68 bits per heavy atom. The number of pyridine rings is 1. The Morgan fingerprint density at radius 1 is 1.25 bits per heavy atom. The van der Waals surface area contributed by atoms with Gasteiger partial charge in [-0.15, -0.1) is 0 Å². The molecule has 3 aromatic rings. The maximum atomic E-state index is 12.9. The molecule has 0 saturated carbocycles. The third kappa shape index (κ3) is 4.50. The normalized spacial score (nSPS) is 12.1. The van der Waals surface area contributed by atoms with Gasteiger partial charge in [-0.2, -0.15) is 0 Å². The van der Waals surface area contributed by atoms with Crippen molar-refractivity contribution in [3.8, 4) is 11.1 Å². The van der Waals surface area contributed by atoms with Gasteiger partial charge in [0.15, 0.2) is 0 Å². The Bertz CT molecular complexity index is 974. The summed E-state index contributed by atoms with van der Waals surface area (Å²) in [6.45, 7) is 4.46. The maximum Gasteiger partial charge on any atom is 0.340 e. The Hall–Kier alpha value is -2.47. The number of aliphatic hydroxyl groups excluding tert-OH is 1. The molecule has 146 valence electrons. The van der Waals surface area contributed by atoms with Gasteiger partial charge in [0.1, 0.15) is 0 Å². The first-order chi connectivity index (χ1) is 13.5. The molecule has 2 aromatic carbocycles. The second-order valence-electron chi connectivity index (χ2n) is 6.54. The van der Waals surface area contributed by atoms with Crippen molar-refractivity contribution in [2.45, 2.75) is 26.5 Å². The lowest BCUT2D eigenvalue weighted by molar-refractivity contribution is 0.0525. The van der Waals surface area contributed by atoms with E-state index in [2.05, 4.69) is 5.32 Å². The standard InChI is InChI=1S/C22H23ClN2O3/c1-3-28-22(27)21-19(13-24-12-14(2)26)25-18-10-9-16(23)11-17(18)20(21)15-7-5-4-6-8-15/h4-11,14,24,26H,3,12-13H2,1-2H3. The van der Waals surface area contributed by atoms with Crippen LogP contribution in [-0.4, -0.2) is 35.3 Å². The van der Waals surface area contributed by atoms with Crippen molar-refractivity contribution in [2.75, 3.05) is 13.2 Å². The highest BCUT2D eigenvalue weighted by Crippen LogP contribution is 2.35. The van der Waals surface area contributed by atoms with Gasteiger partial charge in [0.25, 0.3) is 0 Å². The minimum Gasteiger partial charge on any atom is -0.462 e. The van der Waals surface area contributed by atoms with Crippen molar-refractivity contribution in [3.63, 3.8) is 0 Å². The van der Waals surface area contributed by atoms with Gasteiger partial charge in [-0.05, 0) is 37.6 Å². The summed E-state index contributed by atoms with van der Waals surface area (Å²) in [7, 11) is 0. The molecule has 5 nitrogen and oxygen atoms in total. The van der Waals surface area contributed by atoms with E-state index in [1.165, 1.54) is 0 Å². The summed E-state index contributed by atoms with van der Waals surface area (Å²) in [5.74, 6) is -0.426. The molecule has 1 aromatic heterocycles. The second kappa shape index (κ2) is 9.15. The van der Waals surface area contributed by atoms with Crippen LogP contribution in [-0.2, 0) is 11.3 Å². The molecule has 28 heavy (non-hydrogen) atoms. The van der Waals surface area contributed by atoms with Crippen LogP contribution in [0.25, 0.3) is 22.0 Å². The van der Waals surface area contributed by atoms with Crippen molar-refractivity contribution in [3.05, 3.63) is 64.8 Å². The van der Waals surface area contributed by atoms with Gasteiger partial charge < -0.3 is 15.2 Å². The molecule has 0 aliphatic carbocycles. The molecule has 2 N–H and O–H groups in total. The van der Waals surface area contributed by atoms with Crippen LogP contribution in [0.3, 0.4) is 0 Å². The highest BCUT2D eigenvalue weighted by molar-refractivity contribution is 6.31. The van der Waals surface area contributed by atoms with Gasteiger partial charge in [-0.25, -0.2) is 4.79 Å². The van der Waals surface area contributed by atoms with Crippen molar-refractivity contribution in [1.82, 2.24) is 10.3 Å². The van der Waals surface area contributed by atoms with E-state index in [4.69, 9.17) is 21.3 Å². The lowest BCUT2D eigenvalue weighted by Crippen LogP contribution is -2.26. The average Bonchev–Trinajstić information content (AvgIpc) is 2.67. The molecule has 0 bridgehead atoms. The van der Waals surface area contributed by atoms with E-state index in [1.807, 2.05) is 42.5 Å². The van der Waals surface area contributed by atoms with E-state index < -0.39 is 12.1 Å². The van der Waals surface area contributed by atoms with Crippen LogP contribution >= 0.6 is 11.6 Å². The van der Waals surface area contributed by atoms with Gasteiger partial charge in [0, 0.05) is 29.1 Å². The van der Waals surface area contributed by atoms with Crippen LogP contribution in [0.4, 0.5) is 0 Å². The molecule has 6 heteroatoms. The molecule has 1 unspecified atom stereocenters. The minimum absolute atomic E-state index is 0.265. The number of nitrogens with zero attached hydrogens (tertiary/aromatic N) is 1. The Balaban J connectivity index is 2.27. The predicted molar refractivity (Wildman–Crippen MR) is 112 cm³/mol. The number of rotatable bonds is 7. The Labute approximate surface area is 169 Å². The molecule has 0 aliphatic heterocycles. The SMILES string of the molecule is CCOC(=O)c1c(CNCC(C)O)nc2ccc(Cl)cc2c1-c1ccccc1. The Morgan fingerprint density at radius 2 is 2.00 bits per heavy atom. The Kier molecular flexibility index (Phi) is 6.62. The molecule has 0 spiro atoms. The highest BCUT2D eigenvalue weighted by atomic mass is 35.5. The van der Waals surface area contributed by atoms with E-state index in [-0.39, 0.29) is 6.61 Å². The summed E-state index contributed by atoms with van der Waals surface area (Å²) in [5, 5.41) is 14.0. The van der Waals surface area contributed by atoms with Gasteiger partial charge in [0.2, 0.25) is 0 Å². The lowest BCUT2D eigenvalue weighted by atomic mass is 9.94. The summed E-state index contributed by atoms with van der Waals surface area (Å²) < 4.78 is 5.35. The van der Waals surface area contributed by atoms with Crippen molar-refractivity contribution in [1.29, 1.82) is 0 Å². The minimum atomic E-state index is -0.501. The number of ether oxygens (including phenoxy) is 1. The van der Waals surface area contributed by atoms with Gasteiger partial charge in [0.05, 0.1) is 29.5 Å². The van der Waals surface area contributed by atoms with Crippen LogP contribution in [0.1, 0.15) is 29.9 Å². The first-order valence-corrected chi connectivity index (χ1v) is 9.62. The number of halogens is 1. The molecule has 0 amide bonds. The number of carbonyl (C=O) groups is 1. The molecule has 1 heterocycles. The largest absolute Gasteiger partial charge is 0.462 e. The molecule has 1 atom stereocenters. The van der Waals surface area contributed by atoms with Crippen LogP contribution in [0.15, 0.2) is 48.5 Å². The first kappa shape index (κ1) is 20.3. The monoisotopic (exact) mass is 398 g/mol. The molecule has 0 aliphatic rings. The van der Waals surface area contributed by atoms with Crippen LogP contribution in [0.2, 0.25) is 5.02 Å². The number of benzene rings is 2. The van der Waals surface area contributed by atoms with E-state index in [1.54, 1.807) is 19.9 Å². The zero-order chi connectivity index (χ0) is 20.1. The first-order valence-electron chi connectivity index (χ1n) is 9.24. The average molecular weight is 399 g/mol. The van der Waals surface area contributed by atoms with E-state index >= 15 is 0 Å².